The zero-order chi connectivity index (χ0) is 40.3. The third-order valence-electron chi connectivity index (χ3n) is 12.0. The molecule has 4 nitrogen and oxygen atoms in total. The maximum absolute atomic E-state index is 5.32. The van der Waals surface area contributed by atoms with Crippen molar-refractivity contribution in [1.29, 1.82) is 0 Å². The summed E-state index contributed by atoms with van der Waals surface area (Å²) in [6.07, 6.45) is 0. The minimum Gasteiger partial charge on any atom is -0.309 e. The summed E-state index contributed by atoms with van der Waals surface area (Å²) in [7, 11) is 0. The quantitative estimate of drug-likeness (QED) is 0.158. The van der Waals surface area contributed by atoms with E-state index in [0.29, 0.717) is 17.5 Å². The fourth-order valence-corrected chi connectivity index (χ4v) is 9.19. The summed E-state index contributed by atoms with van der Waals surface area (Å²) >= 11 is 0. The molecule has 0 atom stereocenters. The number of nitrogens with zero attached hydrogens (tertiary/aromatic N) is 4. The zero-order valence-electron chi connectivity index (χ0n) is 33.1. The van der Waals surface area contributed by atoms with Gasteiger partial charge in [0.05, 0.1) is 11.0 Å². The van der Waals surface area contributed by atoms with Crippen LogP contribution in [0.4, 0.5) is 0 Å². The normalized spacial score (nSPS) is 11.6. The van der Waals surface area contributed by atoms with Crippen molar-refractivity contribution >= 4 is 54.1 Å². The van der Waals surface area contributed by atoms with Gasteiger partial charge in [0, 0.05) is 38.5 Å². The number of hydrogen-bond acceptors (Lipinski definition) is 3. The number of fused-ring (bicyclic) bond motifs is 9. The minimum absolute atomic E-state index is 0.632. The molecule has 0 bridgehead atoms. The molecule has 61 heavy (non-hydrogen) atoms. The van der Waals surface area contributed by atoms with E-state index in [1.807, 2.05) is 24.3 Å². The molecule has 0 saturated carbocycles. The van der Waals surface area contributed by atoms with Crippen molar-refractivity contribution in [3.8, 4) is 62.1 Å². The highest BCUT2D eigenvalue weighted by atomic mass is 15.0. The minimum atomic E-state index is 0.632. The molecule has 0 aliphatic carbocycles. The molecule has 0 fully saturated rings. The Morgan fingerprint density at radius 1 is 0.262 bits per heavy atom. The van der Waals surface area contributed by atoms with Crippen molar-refractivity contribution in [3.63, 3.8) is 0 Å². The lowest BCUT2D eigenvalue weighted by atomic mass is 9.89. The van der Waals surface area contributed by atoms with E-state index in [1.54, 1.807) is 0 Å². The molecule has 0 amide bonds. The second kappa shape index (κ2) is 14.3. The number of benzene rings is 10. The predicted molar refractivity (Wildman–Crippen MR) is 254 cm³/mol. The molecule has 284 valence electrons. The van der Waals surface area contributed by atoms with Crippen molar-refractivity contribution in [2.45, 2.75) is 0 Å². The molecule has 2 aromatic heterocycles. The second-order valence-corrected chi connectivity index (χ2v) is 15.6. The molecule has 0 aliphatic rings. The molecule has 0 spiro atoms. The fourth-order valence-electron chi connectivity index (χ4n) is 9.19. The smallest absolute Gasteiger partial charge is 0.164 e. The molecule has 0 saturated heterocycles. The van der Waals surface area contributed by atoms with E-state index in [2.05, 4.69) is 199 Å². The summed E-state index contributed by atoms with van der Waals surface area (Å²) in [6.45, 7) is 0. The summed E-state index contributed by atoms with van der Waals surface area (Å²) < 4.78 is 2.37. The first-order chi connectivity index (χ1) is 30.2. The molecule has 0 unspecified atom stereocenters. The number of aromatic nitrogens is 4. The van der Waals surface area contributed by atoms with Gasteiger partial charge in [0.25, 0.3) is 0 Å². The highest BCUT2D eigenvalue weighted by molar-refractivity contribution is 6.28. The highest BCUT2D eigenvalue weighted by Crippen LogP contribution is 2.42. The van der Waals surface area contributed by atoms with E-state index in [9.17, 15) is 0 Å². The maximum Gasteiger partial charge on any atom is 0.164 e. The van der Waals surface area contributed by atoms with E-state index in [1.165, 1.54) is 38.0 Å². The topological polar surface area (TPSA) is 43.6 Å². The summed E-state index contributed by atoms with van der Waals surface area (Å²) in [5.74, 6) is 1.90. The van der Waals surface area contributed by atoms with Gasteiger partial charge in [0.2, 0.25) is 0 Å². The maximum atomic E-state index is 5.32. The molecular weight excluding hydrogens is 741 g/mol. The Kier molecular flexibility index (Phi) is 8.13. The van der Waals surface area contributed by atoms with E-state index >= 15 is 0 Å². The molecule has 2 heterocycles. The van der Waals surface area contributed by atoms with Crippen LogP contribution in [0.3, 0.4) is 0 Å². The predicted octanol–water partition coefficient (Wildman–Crippen LogP) is 14.8. The van der Waals surface area contributed by atoms with Gasteiger partial charge in [-0.3, -0.25) is 0 Å². The van der Waals surface area contributed by atoms with Crippen LogP contribution >= 0.6 is 0 Å². The number of rotatable bonds is 6. The lowest BCUT2D eigenvalue weighted by Crippen LogP contribution is -2.01. The second-order valence-electron chi connectivity index (χ2n) is 15.6. The average molecular weight is 777 g/mol. The summed E-state index contributed by atoms with van der Waals surface area (Å²) in [6, 6.07) is 77.6. The van der Waals surface area contributed by atoms with E-state index in [4.69, 9.17) is 15.0 Å². The molecule has 10 aromatic carbocycles. The lowest BCUT2D eigenvalue weighted by molar-refractivity contribution is 1.08. The van der Waals surface area contributed by atoms with Gasteiger partial charge in [-0.15, -0.1) is 0 Å². The van der Waals surface area contributed by atoms with Crippen LogP contribution in [0.1, 0.15) is 0 Å². The first-order valence-electron chi connectivity index (χ1n) is 20.7. The molecule has 0 N–H and O–H groups in total. The van der Waals surface area contributed by atoms with Crippen LogP contribution in [0, 0.1) is 0 Å². The SMILES string of the molecule is c1ccc(-c2cccc(-c3nc(-c4ccccc4)nc(-c4cccc5c6ccccc6c6ccc(-c7ccc8c(c7)c7ccccc7n8-c7ccccc7)cc6c45)n3)c2)cc1. The zero-order valence-corrected chi connectivity index (χ0v) is 33.1. The molecule has 0 radical (unpaired) electrons. The number of para-hydroxylation sites is 2. The molecular formula is C57H36N4. The first kappa shape index (κ1) is 34.8. The molecule has 0 aliphatic heterocycles. The lowest BCUT2D eigenvalue weighted by Gasteiger charge is -2.16. The highest BCUT2D eigenvalue weighted by Gasteiger charge is 2.19. The van der Waals surface area contributed by atoms with E-state index < -0.39 is 0 Å². The molecule has 12 rings (SSSR count). The Hall–Kier alpha value is -8.21. The monoisotopic (exact) mass is 776 g/mol. The first-order valence-corrected chi connectivity index (χ1v) is 20.7. The van der Waals surface area contributed by atoms with E-state index in [-0.39, 0.29) is 0 Å². The Balaban J connectivity index is 1.10. The van der Waals surface area contributed by atoms with Gasteiger partial charge in [0.1, 0.15) is 0 Å². The fraction of sp³-hybridized carbons (Fsp3) is 0. The Morgan fingerprint density at radius 3 is 1.52 bits per heavy atom. The van der Waals surface area contributed by atoms with Gasteiger partial charge in [-0.25, -0.2) is 15.0 Å². The van der Waals surface area contributed by atoms with Crippen LogP contribution in [0.15, 0.2) is 218 Å². The summed E-state index contributed by atoms with van der Waals surface area (Å²) in [5.41, 5.74) is 10.9. The average Bonchev–Trinajstić information content (AvgIpc) is 3.68. The van der Waals surface area contributed by atoms with Crippen LogP contribution in [0.25, 0.3) is 116 Å². The third-order valence-corrected chi connectivity index (χ3v) is 12.0. The number of hydrogen-bond donors (Lipinski definition) is 0. The summed E-state index contributed by atoms with van der Waals surface area (Å²) in [5, 5.41) is 9.50. The van der Waals surface area contributed by atoms with Crippen molar-refractivity contribution in [1.82, 2.24) is 19.5 Å². The standard InChI is InChI=1S/C57H36N4/c1-4-16-37(17-5-1)39-20-14-21-42(34-39)56-58-55(38-18-6-2-7-19-38)59-57(60-56)49-28-15-27-48-45-25-11-10-24-44(45)46-32-30-40(36-51(46)54(48)49)41-31-33-53-50(35-41)47-26-12-13-29-52(47)61(53)43-22-8-3-9-23-43/h1-36H. The van der Waals surface area contributed by atoms with Crippen molar-refractivity contribution in [3.05, 3.63) is 218 Å². The Bertz CT molecular complexity index is 3630. The van der Waals surface area contributed by atoms with Crippen molar-refractivity contribution in [2.75, 3.05) is 0 Å². The molecule has 4 heteroatoms. The van der Waals surface area contributed by atoms with Gasteiger partial charge in [0.15, 0.2) is 17.5 Å². The van der Waals surface area contributed by atoms with Crippen molar-refractivity contribution in [2.24, 2.45) is 0 Å². The van der Waals surface area contributed by atoms with Crippen molar-refractivity contribution < 1.29 is 0 Å². The largest absolute Gasteiger partial charge is 0.309 e. The Morgan fingerprint density at radius 2 is 0.754 bits per heavy atom. The van der Waals surface area contributed by atoms with Crippen LogP contribution in [0.2, 0.25) is 0 Å². The van der Waals surface area contributed by atoms with Gasteiger partial charge in [-0.05, 0) is 91.6 Å². The van der Waals surface area contributed by atoms with E-state index in [0.717, 1.165) is 60.8 Å². The van der Waals surface area contributed by atoms with Crippen LogP contribution < -0.4 is 0 Å². The van der Waals surface area contributed by atoms with Gasteiger partial charge in [-0.1, -0.05) is 176 Å². The molecule has 12 aromatic rings. The van der Waals surface area contributed by atoms with Crippen LogP contribution in [-0.2, 0) is 0 Å². The van der Waals surface area contributed by atoms with Crippen LogP contribution in [0.5, 0.6) is 0 Å². The van der Waals surface area contributed by atoms with Gasteiger partial charge < -0.3 is 4.57 Å². The summed E-state index contributed by atoms with van der Waals surface area (Å²) in [4.78, 5) is 15.7. The van der Waals surface area contributed by atoms with Crippen LogP contribution in [-0.4, -0.2) is 19.5 Å². The van der Waals surface area contributed by atoms with Gasteiger partial charge in [-0.2, -0.15) is 0 Å². The third kappa shape index (κ3) is 5.88. The van der Waals surface area contributed by atoms with Gasteiger partial charge >= 0.3 is 0 Å². The Labute approximate surface area is 352 Å².